The molecule has 1 aromatic carbocycles. The largest absolute Gasteiger partial charge is 0.309 e. The predicted octanol–water partition coefficient (Wildman–Crippen LogP) is 5.25. The summed E-state index contributed by atoms with van der Waals surface area (Å²) in [5, 5.41) is 3.56. The lowest BCUT2D eigenvalue weighted by atomic mass is 9.98. The number of thiophene rings is 1. The van der Waals surface area contributed by atoms with E-state index < -0.39 is 0 Å². The fraction of sp³-hybridized carbons (Fsp3) is 0.375. The Kier molecular flexibility index (Phi) is 5.44. The Balaban J connectivity index is 1.77. The zero-order valence-corrected chi connectivity index (χ0v) is 13.0. The highest BCUT2D eigenvalue weighted by atomic mass is 35.5. The van der Waals surface area contributed by atoms with Gasteiger partial charge in [-0.3, -0.25) is 0 Å². The fourth-order valence-corrected chi connectivity index (χ4v) is 3.21. The monoisotopic (exact) mass is 293 g/mol. The molecule has 1 nitrogen and oxygen atoms in total. The third-order valence-corrected chi connectivity index (χ3v) is 4.83. The van der Waals surface area contributed by atoms with Crippen molar-refractivity contribution in [2.45, 2.75) is 32.2 Å². The van der Waals surface area contributed by atoms with Crippen LogP contribution >= 0.6 is 22.9 Å². The van der Waals surface area contributed by atoms with Crippen molar-refractivity contribution >= 4 is 22.9 Å². The minimum Gasteiger partial charge on any atom is -0.309 e. The van der Waals surface area contributed by atoms with Gasteiger partial charge < -0.3 is 5.32 Å². The standard InChI is InChI=1S/C16H20ClNS/c1-12(14-6-4-3-5-7-14)10-11-18-13(2)15-8-9-16(17)19-15/h3-9,12-13,18H,10-11H2,1-2H3. The van der Waals surface area contributed by atoms with Gasteiger partial charge in [-0.1, -0.05) is 48.9 Å². The summed E-state index contributed by atoms with van der Waals surface area (Å²) in [7, 11) is 0. The summed E-state index contributed by atoms with van der Waals surface area (Å²) >= 11 is 7.61. The number of hydrogen-bond acceptors (Lipinski definition) is 2. The lowest BCUT2D eigenvalue weighted by Gasteiger charge is -2.15. The molecule has 2 rings (SSSR count). The molecule has 0 saturated heterocycles. The average molecular weight is 294 g/mol. The average Bonchev–Trinajstić information content (AvgIpc) is 2.86. The van der Waals surface area contributed by atoms with Gasteiger partial charge in [0.1, 0.15) is 0 Å². The lowest BCUT2D eigenvalue weighted by Crippen LogP contribution is -2.20. The SMILES string of the molecule is CC(CCNC(C)c1ccc(Cl)s1)c1ccccc1. The molecule has 1 N–H and O–H groups in total. The maximum atomic E-state index is 5.96. The van der Waals surface area contributed by atoms with Crippen LogP contribution in [0.4, 0.5) is 0 Å². The van der Waals surface area contributed by atoms with Gasteiger partial charge in [0.25, 0.3) is 0 Å². The number of hydrogen-bond donors (Lipinski definition) is 1. The quantitative estimate of drug-likeness (QED) is 0.767. The molecule has 1 heterocycles. The van der Waals surface area contributed by atoms with Crippen LogP contribution in [0.2, 0.25) is 4.34 Å². The maximum absolute atomic E-state index is 5.96. The van der Waals surface area contributed by atoms with Crippen LogP contribution in [-0.4, -0.2) is 6.54 Å². The van der Waals surface area contributed by atoms with Crippen molar-refractivity contribution in [2.75, 3.05) is 6.54 Å². The highest BCUT2D eigenvalue weighted by Gasteiger charge is 2.09. The van der Waals surface area contributed by atoms with Gasteiger partial charge in [0.05, 0.1) is 4.34 Å². The van der Waals surface area contributed by atoms with Gasteiger partial charge in [-0.2, -0.15) is 0 Å². The van der Waals surface area contributed by atoms with Gasteiger partial charge >= 0.3 is 0 Å². The second-order valence-electron chi connectivity index (χ2n) is 4.92. The van der Waals surface area contributed by atoms with Crippen LogP contribution < -0.4 is 5.32 Å². The summed E-state index contributed by atoms with van der Waals surface area (Å²) < 4.78 is 0.862. The third kappa shape index (κ3) is 4.34. The smallest absolute Gasteiger partial charge is 0.0931 e. The van der Waals surface area contributed by atoms with Gasteiger partial charge in [0.15, 0.2) is 0 Å². The molecular weight excluding hydrogens is 274 g/mol. The van der Waals surface area contributed by atoms with Gasteiger partial charge in [-0.25, -0.2) is 0 Å². The molecule has 0 bridgehead atoms. The maximum Gasteiger partial charge on any atom is 0.0931 e. The van der Waals surface area contributed by atoms with Crippen LogP contribution in [-0.2, 0) is 0 Å². The Morgan fingerprint density at radius 2 is 1.84 bits per heavy atom. The predicted molar refractivity (Wildman–Crippen MR) is 85.2 cm³/mol. The van der Waals surface area contributed by atoms with Crippen LogP contribution in [0.5, 0.6) is 0 Å². The van der Waals surface area contributed by atoms with E-state index in [-0.39, 0.29) is 0 Å². The van der Waals surface area contributed by atoms with E-state index in [1.54, 1.807) is 11.3 Å². The van der Waals surface area contributed by atoms with Crippen LogP contribution in [0.25, 0.3) is 0 Å². The van der Waals surface area contributed by atoms with Crippen LogP contribution in [0, 0.1) is 0 Å². The van der Waals surface area contributed by atoms with Crippen molar-refractivity contribution in [3.8, 4) is 0 Å². The van der Waals surface area contributed by atoms with Crippen molar-refractivity contribution in [1.29, 1.82) is 0 Å². The summed E-state index contributed by atoms with van der Waals surface area (Å²) in [5.41, 5.74) is 1.41. The van der Waals surface area contributed by atoms with Gasteiger partial charge in [0.2, 0.25) is 0 Å². The first-order valence-electron chi connectivity index (χ1n) is 6.70. The third-order valence-electron chi connectivity index (χ3n) is 3.42. The second kappa shape index (κ2) is 7.09. The van der Waals surface area contributed by atoms with E-state index in [2.05, 4.69) is 55.6 Å². The van der Waals surface area contributed by atoms with E-state index in [0.29, 0.717) is 12.0 Å². The highest BCUT2D eigenvalue weighted by Crippen LogP contribution is 2.27. The Bertz CT molecular complexity index is 494. The minimum atomic E-state index is 0.375. The summed E-state index contributed by atoms with van der Waals surface area (Å²) in [6.07, 6.45) is 1.15. The van der Waals surface area contributed by atoms with Crippen molar-refractivity contribution in [3.63, 3.8) is 0 Å². The Morgan fingerprint density at radius 1 is 1.11 bits per heavy atom. The molecule has 102 valence electrons. The molecule has 0 amide bonds. The van der Waals surface area contributed by atoms with E-state index in [1.807, 2.05) is 6.07 Å². The van der Waals surface area contributed by atoms with Gasteiger partial charge in [-0.15, -0.1) is 11.3 Å². The number of halogens is 1. The molecule has 0 aliphatic rings. The van der Waals surface area contributed by atoms with Gasteiger partial charge in [0, 0.05) is 10.9 Å². The Morgan fingerprint density at radius 3 is 2.47 bits per heavy atom. The van der Waals surface area contributed by atoms with E-state index in [4.69, 9.17) is 11.6 Å². The summed E-state index contributed by atoms with van der Waals surface area (Å²) in [6, 6.07) is 15.1. The van der Waals surface area contributed by atoms with E-state index >= 15 is 0 Å². The summed E-state index contributed by atoms with van der Waals surface area (Å²) in [4.78, 5) is 1.30. The van der Waals surface area contributed by atoms with Crippen molar-refractivity contribution < 1.29 is 0 Å². The molecule has 3 heteroatoms. The minimum absolute atomic E-state index is 0.375. The summed E-state index contributed by atoms with van der Waals surface area (Å²) in [6.45, 7) is 5.49. The zero-order valence-electron chi connectivity index (χ0n) is 11.4. The topological polar surface area (TPSA) is 12.0 Å². The lowest BCUT2D eigenvalue weighted by molar-refractivity contribution is 0.536. The molecule has 0 aliphatic heterocycles. The van der Waals surface area contributed by atoms with Crippen LogP contribution in [0.15, 0.2) is 42.5 Å². The molecule has 0 aliphatic carbocycles. The number of rotatable bonds is 6. The zero-order chi connectivity index (χ0) is 13.7. The van der Waals surface area contributed by atoms with Crippen LogP contribution in [0.1, 0.15) is 42.7 Å². The van der Waals surface area contributed by atoms with Crippen molar-refractivity contribution in [3.05, 3.63) is 57.2 Å². The molecule has 2 atom stereocenters. The number of nitrogens with one attached hydrogen (secondary N) is 1. The van der Waals surface area contributed by atoms with Crippen molar-refractivity contribution in [1.82, 2.24) is 5.32 Å². The molecule has 0 saturated carbocycles. The molecule has 19 heavy (non-hydrogen) atoms. The Hall–Kier alpha value is -0.830. The van der Waals surface area contributed by atoms with Gasteiger partial charge in [-0.05, 0) is 43.5 Å². The molecular formula is C16H20ClNS. The first-order chi connectivity index (χ1) is 9.16. The molecule has 1 aromatic heterocycles. The normalized spacial score (nSPS) is 14.3. The molecule has 0 radical (unpaired) electrons. The van der Waals surface area contributed by atoms with Crippen LogP contribution in [0.3, 0.4) is 0 Å². The first-order valence-corrected chi connectivity index (χ1v) is 7.90. The first kappa shape index (κ1) is 14.6. The molecule has 2 unspecified atom stereocenters. The highest BCUT2D eigenvalue weighted by molar-refractivity contribution is 7.16. The van der Waals surface area contributed by atoms with E-state index in [9.17, 15) is 0 Å². The number of benzene rings is 1. The second-order valence-corrected chi connectivity index (χ2v) is 6.66. The van der Waals surface area contributed by atoms with Crippen molar-refractivity contribution in [2.24, 2.45) is 0 Å². The molecule has 2 aromatic rings. The molecule has 0 spiro atoms. The van der Waals surface area contributed by atoms with E-state index in [0.717, 1.165) is 17.3 Å². The molecule has 0 fully saturated rings. The Labute approximate surface area is 124 Å². The fourth-order valence-electron chi connectivity index (χ4n) is 2.13. The van der Waals surface area contributed by atoms with E-state index in [1.165, 1.54) is 10.4 Å². The summed E-state index contributed by atoms with van der Waals surface area (Å²) in [5.74, 6) is 0.591.